The van der Waals surface area contributed by atoms with E-state index in [4.69, 9.17) is 0 Å². The van der Waals surface area contributed by atoms with Crippen molar-refractivity contribution in [2.75, 3.05) is 11.9 Å². The highest BCUT2D eigenvalue weighted by molar-refractivity contribution is 6.29. The van der Waals surface area contributed by atoms with Crippen LogP contribution in [0.1, 0.15) is 35.3 Å². The van der Waals surface area contributed by atoms with Gasteiger partial charge in [0, 0.05) is 18.3 Å². The third-order valence-corrected chi connectivity index (χ3v) is 5.13. The minimum atomic E-state index is -0.342. The molecule has 0 spiro atoms. The summed E-state index contributed by atoms with van der Waals surface area (Å²) in [7, 11) is 1.69. The molecule has 0 N–H and O–H groups in total. The monoisotopic (exact) mass is 423 g/mol. The van der Waals surface area contributed by atoms with Crippen LogP contribution in [0.3, 0.4) is 0 Å². The second-order valence-electron chi connectivity index (χ2n) is 8.17. The van der Waals surface area contributed by atoms with Crippen LogP contribution in [0, 0.1) is 5.92 Å². The van der Waals surface area contributed by atoms with Crippen molar-refractivity contribution in [3.8, 4) is 0 Å². The maximum absolute atomic E-state index is 13.3. The number of nitrogens with zero attached hydrogens (tertiary/aromatic N) is 1. The van der Waals surface area contributed by atoms with Crippen molar-refractivity contribution >= 4 is 23.5 Å². The predicted molar refractivity (Wildman–Crippen MR) is 133 cm³/mol. The van der Waals surface area contributed by atoms with Gasteiger partial charge in [0.2, 0.25) is 0 Å². The molecule has 0 saturated carbocycles. The van der Waals surface area contributed by atoms with Crippen molar-refractivity contribution in [1.82, 2.24) is 0 Å². The van der Waals surface area contributed by atoms with Gasteiger partial charge >= 0.3 is 0 Å². The normalized spacial score (nSPS) is 11.7. The Labute approximate surface area is 190 Å². The molecule has 0 aliphatic heterocycles. The van der Waals surface area contributed by atoms with Gasteiger partial charge in [-0.1, -0.05) is 98.8 Å². The van der Waals surface area contributed by atoms with Gasteiger partial charge in [-0.25, -0.2) is 0 Å². The summed E-state index contributed by atoms with van der Waals surface area (Å²) in [4.78, 5) is 28.2. The van der Waals surface area contributed by atoms with E-state index >= 15 is 0 Å². The first-order valence-electron chi connectivity index (χ1n) is 10.9. The Morgan fingerprint density at radius 1 is 0.844 bits per heavy atom. The Morgan fingerprint density at radius 2 is 1.44 bits per heavy atom. The van der Waals surface area contributed by atoms with Crippen molar-refractivity contribution in [2.24, 2.45) is 5.92 Å². The number of rotatable bonds is 8. The number of para-hydroxylation sites is 1. The van der Waals surface area contributed by atoms with Crippen LogP contribution in [0.15, 0.2) is 103 Å². The van der Waals surface area contributed by atoms with E-state index in [0.29, 0.717) is 11.5 Å². The average molecular weight is 424 g/mol. The number of amides is 1. The molecule has 3 aromatic carbocycles. The Bertz CT molecular complexity index is 1090. The van der Waals surface area contributed by atoms with Crippen LogP contribution in [0.5, 0.6) is 0 Å². The van der Waals surface area contributed by atoms with E-state index < -0.39 is 0 Å². The molecule has 3 nitrogen and oxygen atoms in total. The second-order valence-corrected chi connectivity index (χ2v) is 8.17. The highest BCUT2D eigenvalue weighted by atomic mass is 16.2. The van der Waals surface area contributed by atoms with Gasteiger partial charge in [-0.3, -0.25) is 9.59 Å². The zero-order valence-electron chi connectivity index (χ0n) is 18.9. The summed E-state index contributed by atoms with van der Waals surface area (Å²) in [6.45, 7) is 4.33. The molecule has 0 aliphatic carbocycles. The summed E-state index contributed by atoms with van der Waals surface area (Å²) >= 11 is 0. The summed E-state index contributed by atoms with van der Waals surface area (Å²) in [6, 6.07) is 26.7. The highest BCUT2D eigenvalue weighted by Crippen LogP contribution is 2.19. The molecule has 1 amide bonds. The van der Waals surface area contributed by atoms with Gasteiger partial charge in [0.1, 0.15) is 0 Å². The van der Waals surface area contributed by atoms with Crippen molar-refractivity contribution in [2.45, 2.75) is 20.3 Å². The maximum Gasteiger partial charge on any atom is 0.261 e. The number of anilines is 1. The molecule has 0 aromatic heterocycles. The standard InChI is InChI=1S/C29H29NO2/c1-22(2)21-24-17-19-25(20-18-24)28(31)27(16-10-13-23-11-6-4-7-12-23)29(32)30(3)26-14-8-5-9-15-26/h4-20,22H,21H2,1-3H3/b13-10+,27-16-. The Kier molecular flexibility index (Phi) is 7.93. The molecule has 162 valence electrons. The molecule has 3 rings (SSSR count). The fraction of sp³-hybridized carbons (Fsp3) is 0.172. The number of benzene rings is 3. The van der Waals surface area contributed by atoms with Gasteiger partial charge in [0.05, 0.1) is 5.57 Å². The van der Waals surface area contributed by atoms with Gasteiger partial charge in [0.15, 0.2) is 5.78 Å². The summed E-state index contributed by atoms with van der Waals surface area (Å²) in [6.07, 6.45) is 6.20. The Balaban J connectivity index is 1.92. The predicted octanol–water partition coefficient (Wildman–Crippen LogP) is 6.37. The van der Waals surface area contributed by atoms with Crippen LogP contribution in [0.2, 0.25) is 0 Å². The van der Waals surface area contributed by atoms with Crippen LogP contribution >= 0.6 is 0 Å². The van der Waals surface area contributed by atoms with Crippen LogP contribution in [-0.2, 0) is 11.2 Å². The lowest BCUT2D eigenvalue weighted by molar-refractivity contribution is -0.114. The largest absolute Gasteiger partial charge is 0.311 e. The zero-order chi connectivity index (χ0) is 22.9. The van der Waals surface area contributed by atoms with Gasteiger partial charge in [0.25, 0.3) is 5.91 Å². The van der Waals surface area contributed by atoms with Crippen LogP contribution < -0.4 is 4.90 Å². The van der Waals surface area contributed by atoms with Gasteiger partial charge in [-0.2, -0.15) is 0 Å². The first kappa shape index (κ1) is 23.0. The molecule has 0 atom stereocenters. The molecular formula is C29H29NO2. The first-order valence-corrected chi connectivity index (χ1v) is 10.9. The minimum Gasteiger partial charge on any atom is -0.311 e. The smallest absolute Gasteiger partial charge is 0.261 e. The average Bonchev–Trinajstić information content (AvgIpc) is 2.82. The third kappa shape index (κ3) is 6.14. The third-order valence-electron chi connectivity index (χ3n) is 5.13. The lowest BCUT2D eigenvalue weighted by Crippen LogP contribution is -2.30. The van der Waals surface area contributed by atoms with Crippen LogP contribution in [0.4, 0.5) is 5.69 Å². The number of hydrogen-bond donors (Lipinski definition) is 0. The topological polar surface area (TPSA) is 37.4 Å². The maximum atomic E-state index is 13.3. The molecule has 3 heteroatoms. The number of likely N-dealkylation sites (N-methyl/N-ethyl adjacent to an activating group) is 1. The molecule has 0 fully saturated rings. The molecular weight excluding hydrogens is 394 g/mol. The van der Waals surface area contributed by atoms with Gasteiger partial charge < -0.3 is 4.90 Å². The number of carbonyl (C=O) groups excluding carboxylic acids is 2. The van der Waals surface area contributed by atoms with E-state index in [-0.39, 0.29) is 17.3 Å². The van der Waals surface area contributed by atoms with Gasteiger partial charge in [-0.15, -0.1) is 0 Å². The molecule has 32 heavy (non-hydrogen) atoms. The van der Waals surface area contributed by atoms with Crippen molar-refractivity contribution in [3.63, 3.8) is 0 Å². The highest BCUT2D eigenvalue weighted by Gasteiger charge is 2.23. The van der Waals surface area contributed by atoms with E-state index in [1.807, 2.05) is 91.0 Å². The van der Waals surface area contributed by atoms with Crippen molar-refractivity contribution in [1.29, 1.82) is 0 Å². The number of carbonyl (C=O) groups is 2. The number of Topliss-reactive ketones (excluding diaryl/α,β-unsaturated/α-hetero) is 1. The van der Waals surface area contributed by atoms with Crippen molar-refractivity contribution < 1.29 is 9.59 Å². The van der Waals surface area contributed by atoms with Crippen LogP contribution in [-0.4, -0.2) is 18.7 Å². The van der Waals surface area contributed by atoms with E-state index in [0.717, 1.165) is 17.7 Å². The summed E-state index contributed by atoms with van der Waals surface area (Å²) in [5.74, 6) is -0.0898. The molecule has 0 saturated heterocycles. The van der Waals surface area contributed by atoms with E-state index in [1.165, 1.54) is 10.5 Å². The summed E-state index contributed by atoms with van der Waals surface area (Å²) < 4.78 is 0. The molecule has 3 aromatic rings. The lowest BCUT2D eigenvalue weighted by atomic mass is 9.97. The second kappa shape index (κ2) is 11.1. The molecule has 0 heterocycles. The Morgan fingerprint density at radius 3 is 2.03 bits per heavy atom. The summed E-state index contributed by atoms with van der Waals surface area (Å²) in [5.41, 5.74) is 3.54. The number of hydrogen-bond acceptors (Lipinski definition) is 2. The van der Waals surface area contributed by atoms with Crippen molar-refractivity contribution in [3.05, 3.63) is 119 Å². The van der Waals surface area contributed by atoms with E-state index in [9.17, 15) is 9.59 Å². The fourth-order valence-electron chi connectivity index (χ4n) is 3.43. The van der Waals surface area contributed by atoms with Gasteiger partial charge in [-0.05, 0) is 41.7 Å². The quantitative estimate of drug-likeness (QED) is 0.139. The molecule has 0 bridgehead atoms. The number of allylic oxidation sites excluding steroid dienone is 2. The Hall–Kier alpha value is -3.72. The van der Waals surface area contributed by atoms with E-state index in [2.05, 4.69) is 13.8 Å². The van der Waals surface area contributed by atoms with E-state index in [1.54, 1.807) is 19.2 Å². The molecule has 0 aliphatic rings. The summed E-state index contributed by atoms with van der Waals surface area (Å²) in [5, 5.41) is 0. The van der Waals surface area contributed by atoms with Crippen LogP contribution in [0.25, 0.3) is 6.08 Å². The number of ketones is 1. The fourth-order valence-corrected chi connectivity index (χ4v) is 3.43. The SMILES string of the molecule is CC(C)Cc1ccc(C(=O)/C(=C/C=C/c2ccccc2)C(=O)N(C)c2ccccc2)cc1. The first-order chi connectivity index (χ1) is 15.5. The lowest BCUT2D eigenvalue weighted by Gasteiger charge is -2.18. The minimum absolute atomic E-state index is 0.125. The molecule has 0 unspecified atom stereocenters. The molecule has 0 radical (unpaired) electrons. The zero-order valence-corrected chi connectivity index (χ0v) is 18.9.